The van der Waals surface area contributed by atoms with Crippen molar-refractivity contribution in [2.75, 3.05) is 24.3 Å². The lowest BCUT2D eigenvalue weighted by Crippen LogP contribution is -2.28. The first-order valence-electron chi connectivity index (χ1n) is 7.21. The van der Waals surface area contributed by atoms with Gasteiger partial charge in [0.05, 0.1) is 11.9 Å². The van der Waals surface area contributed by atoms with E-state index in [0.717, 1.165) is 29.3 Å². The zero-order chi connectivity index (χ0) is 13.4. The van der Waals surface area contributed by atoms with Crippen molar-refractivity contribution in [3.8, 4) is 0 Å². The molecule has 3 rings (SSSR count). The average molecular weight is 257 g/mol. The Bertz CT molecular complexity index is 463. The zero-order valence-corrected chi connectivity index (χ0v) is 12.0. The van der Waals surface area contributed by atoms with Crippen LogP contribution < -0.4 is 10.2 Å². The molecular formula is C16H23N3. The predicted octanol–water partition coefficient (Wildman–Crippen LogP) is 3.16. The van der Waals surface area contributed by atoms with Crippen molar-refractivity contribution < 1.29 is 0 Å². The molecule has 1 fully saturated rings. The Morgan fingerprint density at radius 2 is 2.11 bits per heavy atom. The van der Waals surface area contributed by atoms with Crippen LogP contribution in [0.4, 0.5) is 11.5 Å². The van der Waals surface area contributed by atoms with Gasteiger partial charge in [-0.2, -0.15) is 0 Å². The molecule has 102 valence electrons. The average Bonchev–Trinajstić information content (AvgIpc) is 3.01. The van der Waals surface area contributed by atoms with E-state index in [1.54, 1.807) is 0 Å². The van der Waals surface area contributed by atoms with E-state index >= 15 is 0 Å². The molecule has 3 nitrogen and oxygen atoms in total. The van der Waals surface area contributed by atoms with Crippen molar-refractivity contribution in [2.24, 2.45) is 17.8 Å². The van der Waals surface area contributed by atoms with Crippen LogP contribution in [0.5, 0.6) is 0 Å². The van der Waals surface area contributed by atoms with Gasteiger partial charge >= 0.3 is 0 Å². The number of hydrogen-bond acceptors (Lipinski definition) is 3. The SMILES string of the molecule is CC(Nc1ccc(N(C)C)nc1)C1CC2C=CC1C2. The molecule has 1 saturated carbocycles. The molecule has 2 aliphatic carbocycles. The quantitative estimate of drug-likeness (QED) is 0.840. The van der Waals surface area contributed by atoms with Gasteiger partial charge in [-0.1, -0.05) is 12.2 Å². The second-order valence-electron chi connectivity index (χ2n) is 6.18. The summed E-state index contributed by atoms with van der Waals surface area (Å²) in [6.07, 6.45) is 9.48. The van der Waals surface area contributed by atoms with Crippen LogP contribution in [0.2, 0.25) is 0 Å². The van der Waals surface area contributed by atoms with Gasteiger partial charge in [-0.3, -0.25) is 0 Å². The van der Waals surface area contributed by atoms with E-state index in [9.17, 15) is 0 Å². The second kappa shape index (κ2) is 4.87. The molecule has 1 N–H and O–H groups in total. The molecule has 0 amide bonds. The topological polar surface area (TPSA) is 28.2 Å². The number of fused-ring (bicyclic) bond motifs is 2. The summed E-state index contributed by atoms with van der Waals surface area (Å²) in [4.78, 5) is 6.48. The molecule has 1 heterocycles. The lowest BCUT2D eigenvalue weighted by atomic mass is 9.87. The van der Waals surface area contributed by atoms with Gasteiger partial charge in [0, 0.05) is 20.1 Å². The maximum atomic E-state index is 4.46. The van der Waals surface area contributed by atoms with Gasteiger partial charge in [0.2, 0.25) is 0 Å². The highest BCUT2D eigenvalue weighted by atomic mass is 15.1. The standard InChI is InChI=1S/C16H23N3/c1-11(15-9-12-4-5-13(15)8-12)18-14-6-7-16(17-10-14)19(2)3/h4-7,10-13,15,18H,8-9H2,1-3H3. The molecule has 0 aromatic carbocycles. The van der Waals surface area contributed by atoms with Crippen molar-refractivity contribution in [3.63, 3.8) is 0 Å². The molecule has 3 heteroatoms. The minimum Gasteiger partial charge on any atom is -0.381 e. The van der Waals surface area contributed by atoms with Crippen molar-refractivity contribution in [1.82, 2.24) is 4.98 Å². The van der Waals surface area contributed by atoms with Crippen LogP contribution in [-0.2, 0) is 0 Å². The number of aromatic nitrogens is 1. The van der Waals surface area contributed by atoms with E-state index < -0.39 is 0 Å². The number of allylic oxidation sites excluding steroid dienone is 2. The Morgan fingerprint density at radius 3 is 2.63 bits per heavy atom. The smallest absolute Gasteiger partial charge is 0.128 e. The van der Waals surface area contributed by atoms with E-state index in [0.29, 0.717) is 6.04 Å². The van der Waals surface area contributed by atoms with Gasteiger partial charge < -0.3 is 10.2 Å². The summed E-state index contributed by atoms with van der Waals surface area (Å²) in [7, 11) is 4.03. The lowest BCUT2D eigenvalue weighted by molar-refractivity contribution is 0.400. The van der Waals surface area contributed by atoms with Crippen LogP contribution in [0, 0.1) is 17.8 Å². The van der Waals surface area contributed by atoms with Crippen LogP contribution in [0.25, 0.3) is 0 Å². The Hall–Kier alpha value is -1.51. The number of pyridine rings is 1. The predicted molar refractivity (Wildman–Crippen MR) is 80.5 cm³/mol. The van der Waals surface area contributed by atoms with Crippen molar-refractivity contribution in [2.45, 2.75) is 25.8 Å². The first-order chi connectivity index (χ1) is 9.13. The normalized spacial score (nSPS) is 29.5. The van der Waals surface area contributed by atoms with Gasteiger partial charge in [-0.05, 0) is 49.7 Å². The number of nitrogens with zero attached hydrogens (tertiary/aromatic N) is 2. The van der Waals surface area contributed by atoms with Crippen LogP contribution in [0.15, 0.2) is 30.5 Å². The van der Waals surface area contributed by atoms with E-state index in [1.807, 2.05) is 25.2 Å². The molecule has 0 radical (unpaired) electrons. The molecule has 2 bridgehead atoms. The van der Waals surface area contributed by atoms with Crippen molar-refractivity contribution >= 4 is 11.5 Å². The monoisotopic (exact) mass is 257 g/mol. The van der Waals surface area contributed by atoms with Crippen LogP contribution >= 0.6 is 0 Å². The van der Waals surface area contributed by atoms with Crippen LogP contribution in [-0.4, -0.2) is 25.1 Å². The third kappa shape index (κ3) is 2.46. The Morgan fingerprint density at radius 1 is 1.26 bits per heavy atom. The number of rotatable bonds is 4. The second-order valence-corrected chi connectivity index (χ2v) is 6.18. The van der Waals surface area contributed by atoms with Crippen molar-refractivity contribution in [1.29, 1.82) is 0 Å². The first-order valence-corrected chi connectivity index (χ1v) is 7.21. The summed E-state index contributed by atoms with van der Waals surface area (Å²) in [6, 6.07) is 4.71. The Labute approximate surface area is 115 Å². The Balaban J connectivity index is 1.63. The summed E-state index contributed by atoms with van der Waals surface area (Å²) in [5.74, 6) is 3.42. The summed E-state index contributed by atoms with van der Waals surface area (Å²) in [5, 5.41) is 3.62. The van der Waals surface area contributed by atoms with Crippen LogP contribution in [0.1, 0.15) is 19.8 Å². The fourth-order valence-corrected chi connectivity index (χ4v) is 3.50. The van der Waals surface area contributed by atoms with Gasteiger partial charge in [0.15, 0.2) is 0 Å². The maximum Gasteiger partial charge on any atom is 0.128 e. The fraction of sp³-hybridized carbons (Fsp3) is 0.562. The van der Waals surface area contributed by atoms with E-state index in [4.69, 9.17) is 0 Å². The summed E-state index contributed by atoms with van der Waals surface area (Å²) < 4.78 is 0. The molecular weight excluding hydrogens is 234 g/mol. The summed E-state index contributed by atoms with van der Waals surface area (Å²) in [6.45, 7) is 2.30. The molecule has 19 heavy (non-hydrogen) atoms. The highest BCUT2D eigenvalue weighted by Crippen LogP contribution is 2.45. The summed E-state index contributed by atoms with van der Waals surface area (Å²) >= 11 is 0. The third-order valence-corrected chi connectivity index (χ3v) is 4.57. The Kier molecular flexibility index (Phi) is 3.21. The lowest BCUT2D eigenvalue weighted by Gasteiger charge is -2.27. The zero-order valence-electron chi connectivity index (χ0n) is 12.0. The number of nitrogens with one attached hydrogen (secondary N) is 1. The summed E-state index contributed by atoms with van der Waals surface area (Å²) in [5.41, 5.74) is 1.13. The number of hydrogen-bond donors (Lipinski definition) is 1. The maximum absolute atomic E-state index is 4.46. The molecule has 0 spiro atoms. The third-order valence-electron chi connectivity index (χ3n) is 4.57. The van der Waals surface area contributed by atoms with E-state index in [-0.39, 0.29) is 0 Å². The van der Waals surface area contributed by atoms with Gasteiger partial charge in [-0.15, -0.1) is 0 Å². The minimum atomic E-state index is 0.520. The molecule has 0 aliphatic heterocycles. The van der Waals surface area contributed by atoms with E-state index in [2.05, 4.69) is 41.5 Å². The molecule has 4 atom stereocenters. The highest BCUT2D eigenvalue weighted by molar-refractivity contribution is 5.48. The molecule has 0 saturated heterocycles. The molecule has 1 aromatic heterocycles. The minimum absolute atomic E-state index is 0.520. The highest BCUT2D eigenvalue weighted by Gasteiger charge is 2.38. The molecule has 2 aliphatic rings. The fourth-order valence-electron chi connectivity index (χ4n) is 3.50. The largest absolute Gasteiger partial charge is 0.381 e. The van der Waals surface area contributed by atoms with Gasteiger partial charge in [-0.25, -0.2) is 4.98 Å². The van der Waals surface area contributed by atoms with Crippen molar-refractivity contribution in [3.05, 3.63) is 30.5 Å². The first kappa shape index (κ1) is 12.5. The van der Waals surface area contributed by atoms with Gasteiger partial charge in [0.1, 0.15) is 5.82 Å². The van der Waals surface area contributed by atoms with E-state index in [1.165, 1.54) is 12.8 Å². The number of anilines is 2. The van der Waals surface area contributed by atoms with Crippen LogP contribution in [0.3, 0.4) is 0 Å². The molecule has 4 unspecified atom stereocenters. The van der Waals surface area contributed by atoms with Gasteiger partial charge in [0.25, 0.3) is 0 Å². The molecule has 1 aromatic rings.